The smallest absolute Gasteiger partial charge is 0.407 e. The number of nitrogens with zero attached hydrogens (tertiary/aromatic N) is 1. The van der Waals surface area contributed by atoms with Crippen LogP contribution < -0.4 is 5.32 Å². The van der Waals surface area contributed by atoms with Crippen molar-refractivity contribution < 1.29 is 19.1 Å². The third-order valence-electron chi connectivity index (χ3n) is 5.42. The lowest BCUT2D eigenvalue weighted by molar-refractivity contribution is -0.139. The monoisotopic (exact) mass is 430 g/mol. The van der Waals surface area contributed by atoms with E-state index in [0.29, 0.717) is 13.0 Å². The topological polar surface area (TPSA) is 67.9 Å². The van der Waals surface area contributed by atoms with Crippen molar-refractivity contribution >= 4 is 12.1 Å². The minimum absolute atomic E-state index is 0.226. The van der Waals surface area contributed by atoms with Crippen LogP contribution in [0.2, 0.25) is 0 Å². The van der Waals surface area contributed by atoms with Crippen LogP contribution in [0.25, 0.3) is 0 Å². The zero-order chi connectivity index (χ0) is 22.2. The van der Waals surface area contributed by atoms with Gasteiger partial charge in [-0.15, -0.1) is 0 Å². The molecule has 0 bridgehead atoms. The second-order valence-electron chi connectivity index (χ2n) is 8.07. The summed E-state index contributed by atoms with van der Waals surface area (Å²) in [5.74, 6) is -0.432. The largest absolute Gasteiger partial charge is 0.458 e. The number of carbonyl (C=O) groups excluding carboxylic acids is 2. The summed E-state index contributed by atoms with van der Waals surface area (Å²) in [5.41, 5.74) is 0.936. The van der Waals surface area contributed by atoms with E-state index in [1.165, 1.54) is 38.2 Å². The summed E-state index contributed by atoms with van der Waals surface area (Å²) in [6, 6.07) is 9.55. The predicted molar refractivity (Wildman–Crippen MR) is 123 cm³/mol. The van der Waals surface area contributed by atoms with Crippen molar-refractivity contribution in [2.24, 2.45) is 0 Å². The van der Waals surface area contributed by atoms with E-state index in [0.717, 1.165) is 38.0 Å². The summed E-state index contributed by atoms with van der Waals surface area (Å²) in [4.78, 5) is 26.5. The molecule has 1 heterocycles. The van der Waals surface area contributed by atoms with Crippen LogP contribution >= 0.6 is 0 Å². The molecule has 1 aromatic carbocycles. The second kappa shape index (κ2) is 15.5. The van der Waals surface area contributed by atoms with Crippen molar-refractivity contribution in [2.75, 3.05) is 26.2 Å². The molecule has 0 aliphatic carbocycles. The molecule has 1 aliphatic rings. The normalized spacial score (nSPS) is 14.7. The molecule has 172 valence electrons. The second-order valence-corrected chi connectivity index (χ2v) is 8.07. The molecule has 31 heavy (non-hydrogen) atoms. The van der Waals surface area contributed by atoms with Crippen molar-refractivity contribution in [1.82, 2.24) is 10.2 Å². The number of hydrogen-bond acceptors (Lipinski definition) is 5. The minimum atomic E-state index is -0.432. The van der Waals surface area contributed by atoms with Gasteiger partial charge in [-0.25, -0.2) is 9.59 Å². The van der Waals surface area contributed by atoms with Crippen LogP contribution in [0.5, 0.6) is 0 Å². The molecule has 1 atom stereocenters. The first-order valence-electron chi connectivity index (χ1n) is 11.7. The minimum Gasteiger partial charge on any atom is -0.458 e. The Hall–Kier alpha value is -2.34. The number of carbonyl (C=O) groups is 2. The summed E-state index contributed by atoms with van der Waals surface area (Å²) in [6.07, 6.45) is 11.0. The third kappa shape index (κ3) is 11.6. The Balaban J connectivity index is 1.74. The molecule has 1 fully saturated rings. The molecule has 6 nitrogen and oxygen atoms in total. The molecule has 0 spiro atoms. The van der Waals surface area contributed by atoms with Gasteiger partial charge in [-0.05, 0) is 44.0 Å². The Kier molecular flexibility index (Phi) is 12.4. The number of esters is 1. The number of unbranched alkanes of at least 4 members (excludes halogenated alkanes) is 5. The van der Waals surface area contributed by atoms with Gasteiger partial charge in [0.05, 0.1) is 0 Å². The van der Waals surface area contributed by atoms with Gasteiger partial charge in [-0.2, -0.15) is 0 Å². The first-order chi connectivity index (χ1) is 15.2. The SMILES string of the molecule is CCCCCCCCC(C=CC(=O)OCc1ccccc1)OC(=O)NCCN1CCC1. The lowest BCUT2D eigenvalue weighted by Gasteiger charge is -2.30. The molecular weight excluding hydrogens is 392 g/mol. The Morgan fingerprint density at radius 1 is 1.10 bits per heavy atom. The molecule has 6 heteroatoms. The predicted octanol–water partition coefficient (Wildman–Crippen LogP) is 4.84. The van der Waals surface area contributed by atoms with Crippen molar-refractivity contribution in [3.8, 4) is 0 Å². The van der Waals surface area contributed by atoms with Crippen LogP contribution in [-0.2, 0) is 20.9 Å². The van der Waals surface area contributed by atoms with E-state index in [2.05, 4.69) is 17.1 Å². The average Bonchev–Trinajstić information content (AvgIpc) is 2.75. The first kappa shape index (κ1) is 24.9. The maximum absolute atomic E-state index is 12.2. The zero-order valence-corrected chi connectivity index (χ0v) is 18.9. The van der Waals surface area contributed by atoms with Crippen LogP contribution in [-0.4, -0.2) is 49.2 Å². The Bertz CT molecular complexity index is 659. The van der Waals surface area contributed by atoms with E-state index in [1.807, 2.05) is 30.3 Å². The fourth-order valence-corrected chi connectivity index (χ4v) is 3.38. The number of ether oxygens (including phenoxy) is 2. The number of rotatable bonds is 15. The van der Waals surface area contributed by atoms with Crippen molar-refractivity contribution in [3.63, 3.8) is 0 Å². The lowest BCUT2D eigenvalue weighted by Crippen LogP contribution is -2.42. The van der Waals surface area contributed by atoms with E-state index in [-0.39, 0.29) is 6.61 Å². The van der Waals surface area contributed by atoms with E-state index in [4.69, 9.17) is 9.47 Å². The van der Waals surface area contributed by atoms with Gasteiger partial charge in [-0.3, -0.25) is 0 Å². The fourth-order valence-electron chi connectivity index (χ4n) is 3.38. The van der Waals surface area contributed by atoms with Crippen LogP contribution in [0.15, 0.2) is 42.5 Å². The van der Waals surface area contributed by atoms with Gasteiger partial charge >= 0.3 is 12.1 Å². The molecule has 1 amide bonds. The lowest BCUT2D eigenvalue weighted by atomic mass is 10.1. The zero-order valence-electron chi connectivity index (χ0n) is 18.9. The van der Waals surface area contributed by atoms with Gasteiger partial charge in [0.15, 0.2) is 0 Å². The van der Waals surface area contributed by atoms with Crippen LogP contribution in [0.3, 0.4) is 0 Å². The Morgan fingerprint density at radius 2 is 1.84 bits per heavy atom. The fraction of sp³-hybridized carbons (Fsp3) is 0.600. The van der Waals surface area contributed by atoms with Crippen molar-refractivity contribution in [1.29, 1.82) is 0 Å². The number of benzene rings is 1. The third-order valence-corrected chi connectivity index (χ3v) is 5.42. The van der Waals surface area contributed by atoms with Gasteiger partial charge in [0.1, 0.15) is 12.7 Å². The molecule has 0 aromatic heterocycles. The highest BCUT2D eigenvalue weighted by Crippen LogP contribution is 2.12. The maximum Gasteiger partial charge on any atom is 0.407 e. The van der Waals surface area contributed by atoms with E-state index in [9.17, 15) is 9.59 Å². The van der Waals surface area contributed by atoms with Crippen molar-refractivity contribution in [2.45, 2.75) is 71.0 Å². The molecule has 0 saturated carbocycles. The van der Waals surface area contributed by atoms with E-state index < -0.39 is 18.2 Å². The Labute approximate surface area is 187 Å². The molecule has 1 aliphatic heterocycles. The van der Waals surface area contributed by atoms with Gasteiger partial charge in [0.2, 0.25) is 0 Å². The molecule has 1 aromatic rings. The van der Waals surface area contributed by atoms with Gasteiger partial charge in [0, 0.05) is 19.2 Å². The van der Waals surface area contributed by atoms with Gasteiger partial charge in [0.25, 0.3) is 0 Å². The highest BCUT2D eigenvalue weighted by molar-refractivity contribution is 5.82. The number of nitrogens with one attached hydrogen (secondary N) is 1. The summed E-state index contributed by atoms with van der Waals surface area (Å²) < 4.78 is 10.8. The quantitative estimate of drug-likeness (QED) is 0.245. The Morgan fingerprint density at radius 3 is 2.55 bits per heavy atom. The van der Waals surface area contributed by atoms with Crippen LogP contribution in [0.4, 0.5) is 4.79 Å². The summed E-state index contributed by atoms with van der Waals surface area (Å²) in [7, 11) is 0. The molecule has 1 unspecified atom stereocenters. The van der Waals surface area contributed by atoms with Gasteiger partial charge in [-0.1, -0.05) is 69.4 Å². The molecule has 0 radical (unpaired) electrons. The van der Waals surface area contributed by atoms with E-state index in [1.54, 1.807) is 6.08 Å². The highest BCUT2D eigenvalue weighted by Gasteiger charge is 2.15. The summed E-state index contributed by atoms with van der Waals surface area (Å²) in [5, 5.41) is 2.81. The number of likely N-dealkylation sites (tertiary alicyclic amines) is 1. The highest BCUT2D eigenvalue weighted by atomic mass is 16.6. The van der Waals surface area contributed by atoms with Crippen LogP contribution in [0.1, 0.15) is 63.9 Å². The van der Waals surface area contributed by atoms with Crippen LogP contribution in [0, 0.1) is 0 Å². The number of alkyl carbamates (subject to hydrolysis) is 1. The van der Waals surface area contributed by atoms with E-state index >= 15 is 0 Å². The molecule has 2 rings (SSSR count). The molecular formula is C25H38N2O4. The van der Waals surface area contributed by atoms with Crippen molar-refractivity contribution in [3.05, 3.63) is 48.0 Å². The number of hydrogen-bond donors (Lipinski definition) is 1. The summed E-state index contributed by atoms with van der Waals surface area (Å²) in [6.45, 7) is 6.05. The first-order valence-corrected chi connectivity index (χ1v) is 11.7. The number of amides is 1. The molecule has 1 saturated heterocycles. The summed E-state index contributed by atoms with van der Waals surface area (Å²) >= 11 is 0. The van der Waals surface area contributed by atoms with Gasteiger partial charge < -0.3 is 19.7 Å². The molecule has 1 N–H and O–H groups in total. The standard InChI is InChI=1S/C25H38N2O4/c1-2-3-4-5-6-10-14-23(31-25(29)26-17-20-27-18-11-19-27)15-16-24(28)30-21-22-12-8-7-9-13-22/h7-9,12-13,15-16,23H,2-6,10-11,14,17-21H2,1H3,(H,26,29). The maximum atomic E-state index is 12.2. The average molecular weight is 431 g/mol.